The van der Waals surface area contributed by atoms with Gasteiger partial charge in [-0.25, -0.2) is 4.39 Å². The van der Waals surface area contributed by atoms with Crippen LogP contribution in [0.2, 0.25) is 0 Å². The van der Waals surface area contributed by atoms with E-state index in [4.69, 9.17) is 5.73 Å². The predicted octanol–water partition coefficient (Wildman–Crippen LogP) is 2.76. The molecule has 2 N–H and O–H groups in total. The molecule has 0 saturated carbocycles. The van der Waals surface area contributed by atoms with E-state index in [1.807, 2.05) is 19.2 Å². The summed E-state index contributed by atoms with van der Waals surface area (Å²) in [7, 11) is 2.03. The van der Waals surface area contributed by atoms with Gasteiger partial charge >= 0.3 is 0 Å². The minimum Gasteiger partial charge on any atom is -0.326 e. The Bertz CT molecular complexity index is 363. The van der Waals surface area contributed by atoms with E-state index < -0.39 is 0 Å². The molecule has 1 aromatic rings. The number of hydrogen-bond donors (Lipinski definition) is 1. The van der Waals surface area contributed by atoms with Gasteiger partial charge < -0.3 is 5.73 Å². The van der Waals surface area contributed by atoms with Crippen molar-refractivity contribution in [3.63, 3.8) is 0 Å². The maximum atomic E-state index is 14.0. The fourth-order valence-corrected chi connectivity index (χ4v) is 1.83. The Labute approximate surface area is 104 Å². The number of hydrogen-bond acceptors (Lipinski definition) is 2. The Morgan fingerprint density at radius 1 is 1.24 bits per heavy atom. The predicted molar refractivity (Wildman–Crippen MR) is 70.1 cm³/mol. The first-order valence-electron chi connectivity index (χ1n) is 6.14. The smallest absolute Gasteiger partial charge is 0.132 e. The zero-order chi connectivity index (χ0) is 13.0. The molecule has 0 aliphatic carbocycles. The SMILES string of the molecule is CC(C)C(C)N(C)Cc1cccc(CN)c1F. The molecule has 1 unspecified atom stereocenters. The molecule has 0 aromatic heterocycles. The summed E-state index contributed by atoms with van der Waals surface area (Å²) in [5.74, 6) is 0.401. The maximum Gasteiger partial charge on any atom is 0.132 e. The van der Waals surface area contributed by atoms with Gasteiger partial charge in [0.05, 0.1) is 0 Å². The van der Waals surface area contributed by atoms with Crippen molar-refractivity contribution in [2.24, 2.45) is 11.7 Å². The van der Waals surface area contributed by atoms with E-state index in [0.717, 1.165) is 5.56 Å². The quantitative estimate of drug-likeness (QED) is 0.854. The first kappa shape index (κ1) is 14.1. The van der Waals surface area contributed by atoms with Crippen molar-refractivity contribution in [2.45, 2.75) is 39.9 Å². The normalized spacial score (nSPS) is 13.4. The molecular weight excluding hydrogens is 215 g/mol. The molecule has 17 heavy (non-hydrogen) atoms. The van der Waals surface area contributed by atoms with Crippen LogP contribution >= 0.6 is 0 Å². The zero-order valence-corrected chi connectivity index (χ0v) is 11.2. The second kappa shape index (κ2) is 6.12. The molecule has 1 aromatic carbocycles. The van der Waals surface area contributed by atoms with Crippen molar-refractivity contribution < 1.29 is 4.39 Å². The van der Waals surface area contributed by atoms with E-state index in [2.05, 4.69) is 25.7 Å². The van der Waals surface area contributed by atoms with Gasteiger partial charge in [-0.05, 0) is 19.9 Å². The standard InChI is InChI=1S/C14H23FN2/c1-10(2)11(3)17(4)9-13-7-5-6-12(8-16)14(13)15/h5-7,10-11H,8-9,16H2,1-4H3. The van der Waals surface area contributed by atoms with E-state index in [9.17, 15) is 4.39 Å². The summed E-state index contributed by atoms with van der Waals surface area (Å²) in [6.07, 6.45) is 0. The van der Waals surface area contributed by atoms with Crippen molar-refractivity contribution in [3.8, 4) is 0 Å². The molecule has 0 radical (unpaired) electrons. The molecule has 0 spiro atoms. The van der Waals surface area contributed by atoms with E-state index >= 15 is 0 Å². The van der Waals surface area contributed by atoms with Crippen molar-refractivity contribution in [1.82, 2.24) is 4.90 Å². The number of halogens is 1. The van der Waals surface area contributed by atoms with Gasteiger partial charge in [0.1, 0.15) is 5.82 Å². The lowest BCUT2D eigenvalue weighted by atomic mass is 10.0. The highest BCUT2D eigenvalue weighted by atomic mass is 19.1. The molecular formula is C14H23FN2. The Morgan fingerprint density at radius 3 is 2.35 bits per heavy atom. The molecule has 0 bridgehead atoms. The van der Waals surface area contributed by atoms with E-state index in [1.54, 1.807) is 6.07 Å². The topological polar surface area (TPSA) is 29.3 Å². The fourth-order valence-electron chi connectivity index (χ4n) is 1.83. The van der Waals surface area contributed by atoms with E-state index in [0.29, 0.717) is 24.1 Å². The minimum atomic E-state index is -0.155. The molecule has 0 saturated heterocycles. The molecule has 0 aliphatic rings. The molecule has 0 aliphatic heterocycles. The number of nitrogens with two attached hydrogens (primary N) is 1. The van der Waals surface area contributed by atoms with Crippen LogP contribution in [-0.2, 0) is 13.1 Å². The van der Waals surface area contributed by atoms with Gasteiger partial charge in [-0.1, -0.05) is 32.0 Å². The third-order valence-corrected chi connectivity index (χ3v) is 3.46. The van der Waals surface area contributed by atoms with Crippen LogP contribution in [0.15, 0.2) is 18.2 Å². The minimum absolute atomic E-state index is 0.155. The van der Waals surface area contributed by atoms with Gasteiger partial charge in [-0.15, -0.1) is 0 Å². The molecule has 1 atom stereocenters. The van der Waals surface area contributed by atoms with E-state index in [-0.39, 0.29) is 12.4 Å². The number of benzene rings is 1. The summed E-state index contributed by atoms with van der Waals surface area (Å²) in [4.78, 5) is 2.17. The van der Waals surface area contributed by atoms with Crippen molar-refractivity contribution in [2.75, 3.05) is 7.05 Å². The van der Waals surface area contributed by atoms with E-state index in [1.165, 1.54) is 0 Å². The van der Waals surface area contributed by atoms with Crippen molar-refractivity contribution in [1.29, 1.82) is 0 Å². The van der Waals surface area contributed by atoms with Crippen LogP contribution in [0.1, 0.15) is 31.9 Å². The highest BCUT2D eigenvalue weighted by Gasteiger charge is 2.15. The zero-order valence-electron chi connectivity index (χ0n) is 11.2. The van der Waals surface area contributed by atoms with Crippen LogP contribution in [0.25, 0.3) is 0 Å². The second-order valence-electron chi connectivity index (χ2n) is 4.99. The van der Waals surface area contributed by atoms with Crippen LogP contribution in [-0.4, -0.2) is 18.0 Å². The molecule has 0 fully saturated rings. The third kappa shape index (κ3) is 3.51. The summed E-state index contributed by atoms with van der Waals surface area (Å²) in [6.45, 7) is 7.39. The summed E-state index contributed by atoms with van der Waals surface area (Å²) in [6, 6.07) is 5.87. The van der Waals surface area contributed by atoms with Crippen LogP contribution in [0.3, 0.4) is 0 Å². The van der Waals surface area contributed by atoms with Gasteiger partial charge in [0.25, 0.3) is 0 Å². The lowest BCUT2D eigenvalue weighted by Crippen LogP contribution is -2.33. The fraction of sp³-hybridized carbons (Fsp3) is 0.571. The molecule has 96 valence electrons. The van der Waals surface area contributed by atoms with Gasteiger partial charge in [0, 0.05) is 30.3 Å². The molecule has 0 amide bonds. The van der Waals surface area contributed by atoms with Gasteiger partial charge in [-0.3, -0.25) is 4.90 Å². The third-order valence-electron chi connectivity index (χ3n) is 3.46. The largest absolute Gasteiger partial charge is 0.326 e. The molecule has 2 nitrogen and oxygen atoms in total. The van der Waals surface area contributed by atoms with Crippen LogP contribution < -0.4 is 5.73 Å². The number of nitrogens with zero attached hydrogens (tertiary/aromatic N) is 1. The Balaban J connectivity index is 2.81. The lowest BCUT2D eigenvalue weighted by Gasteiger charge is -2.28. The summed E-state index contributed by atoms with van der Waals surface area (Å²) < 4.78 is 14.0. The van der Waals surface area contributed by atoms with Crippen LogP contribution in [0.5, 0.6) is 0 Å². The Morgan fingerprint density at radius 2 is 1.82 bits per heavy atom. The highest BCUT2D eigenvalue weighted by Crippen LogP contribution is 2.17. The van der Waals surface area contributed by atoms with Gasteiger partial charge in [0.2, 0.25) is 0 Å². The molecule has 1 rings (SSSR count). The number of rotatable bonds is 5. The lowest BCUT2D eigenvalue weighted by molar-refractivity contribution is 0.198. The average molecular weight is 238 g/mol. The average Bonchev–Trinajstić information content (AvgIpc) is 2.30. The van der Waals surface area contributed by atoms with Gasteiger partial charge in [0.15, 0.2) is 0 Å². The molecule has 0 heterocycles. The Kier molecular flexibility index (Phi) is 5.09. The summed E-state index contributed by atoms with van der Waals surface area (Å²) in [5.41, 5.74) is 6.82. The summed E-state index contributed by atoms with van der Waals surface area (Å²) in [5, 5.41) is 0. The molecule has 3 heteroatoms. The monoisotopic (exact) mass is 238 g/mol. The maximum absolute atomic E-state index is 14.0. The van der Waals surface area contributed by atoms with Crippen LogP contribution in [0.4, 0.5) is 4.39 Å². The highest BCUT2D eigenvalue weighted by molar-refractivity contribution is 5.25. The van der Waals surface area contributed by atoms with Crippen LogP contribution in [0, 0.1) is 11.7 Å². The Hall–Kier alpha value is -0.930. The van der Waals surface area contributed by atoms with Crippen molar-refractivity contribution >= 4 is 0 Å². The van der Waals surface area contributed by atoms with Gasteiger partial charge in [-0.2, -0.15) is 0 Å². The first-order valence-corrected chi connectivity index (χ1v) is 6.14. The van der Waals surface area contributed by atoms with Crippen molar-refractivity contribution in [3.05, 3.63) is 35.1 Å². The first-order chi connectivity index (χ1) is 7.97. The second-order valence-corrected chi connectivity index (χ2v) is 4.99. The summed E-state index contributed by atoms with van der Waals surface area (Å²) >= 11 is 0.